The molecule has 5 heavy (non-hydrogen) atoms. The van der Waals surface area contributed by atoms with Crippen molar-refractivity contribution in [2.24, 2.45) is 5.73 Å². The second kappa shape index (κ2) is 0.280. The van der Waals surface area contributed by atoms with Crippen molar-refractivity contribution >= 4 is 0 Å². The zero-order valence-corrected chi connectivity index (χ0v) is 2.77. The average Bonchev–Trinajstić information content (AvgIpc) is 1.74. The van der Waals surface area contributed by atoms with E-state index in [4.69, 9.17) is 10.5 Å². The quantitative estimate of drug-likeness (QED) is 0.389. The predicted octanol–water partition coefficient (Wildman–Crippen LogP) is -0.556. The standard InChI is InChI=1S/C3H5NO/c4-3-1-2(3)5-3/h2H,1,4H2/t2-,3-/m0/s1. The zero-order chi connectivity index (χ0) is 3.49. The first-order valence-corrected chi connectivity index (χ1v) is 1.78. The molecule has 2 atom stereocenters. The highest BCUT2D eigenvalue weighted by Crippen LogP contribution is 2.54. The van der Waals surface area contributed by atoms with Gasteiger partial charge in [0.25, 0.3) is 0 Å². The number of nitrogens with two attached hydrogens (primary N) is 1. The average molecular weight is 71.1 g/mol. The van der Waals surface area contributed by atoms with Crippen LogP contribution in [-0.4, -0.2) is 11.8 Å². The van der Waals surface area contributed by atoms with Gasteiger partial charge in [0.05, 0.1) is 0 Å². The minimum absolute atomic E-state index is 0.0833. The molecule has 2 rings (SSSR count). The lowest BCUT2D eigenvalue weighted by atomic mass is 10.7. The Balaban J connectivity index is 2.37. The molecule has 1 saturated heterocycles. The van der Waals surface area contributed by atoms with E-state index in [-0.39, 0.29) is 5.72 Å². The van der Waals surface area contributed by atoms with Crippen LogP contribution in [-0.2, 0) is 4.74 Å². The van der Waals surface area contributed by atoms with Crippen molar-refractivity contribution < 1.29 is 4.74 Å². The Kier molecular flexibility index (Phi) is 0.121. The summed E-state index contributed by atoms with van der Waals surface area (Å²) in [7, 11) is 0. The smallest absolute Gasteiger partial charge is 0.146 e. The Hall–Kier alpha value is -0.0800. The molecule has 2 aliphatic rings. The lowest BCUT2D eigenvalue weighted by molar-refractivity contribution is 0.228. The Morgan fingerprint density at radius 2 is 2.20 bits per heavy atom. The summed E-state index contributed by atoms with van der Waals surface area (Å²) >= 11 is 0. The summed E-state index contributed by atoms with van der Waals surface area (Å²) in [4.78, 5) is 0. The molecule has 1 heterocycles. The molecule has 0 aromatic heterocycles. The molecule has 2 nitrogen and oxygen atoms in total. The van der Waals surface area contributed by atoms with E-state index in [0.29, 0.717) is 6.10 Å². The second-order valence-corrected chi connectivity index (χ2v) is 1.77. The van der Waals surface area contributed by atoms with Crippen molar-refractivity contribution in [3.63, 3.8) is 0 Å². The molecule has 0 aromatic rings. The van der Waals surface area contributed by atoms with Crippen LogP contribution in [0.5, 0.6) is 0 Å². The molecule has 28 valence electrons. The van der Waals surface area contributed by atoms with Gasteiger partial charge in [-0.15, -0.1) is 0 Å². The van der Waals surface area contributed by atoms with Crippen LogP contribution in [0.1, 0.15) is 6.42 Å². The van der Waals surface area contributed by atoms with E-state index in [1.165, 1.54) is 0 Å². The van der Waals surface area contributed by atoms with Crippen molar-refractivity contribution in [2.45, 2.75) is 18.2 Å². The Labute approximate surface area is 29.9 Å². The SMILES string of the molecule is N[C@]12C[C@@H]1O2. The fourth-order valence-electron chi connectivity index (χ4n) is 0.452. The minimum Gasteiger partial charge on any atom is -0.350 e. The molecule has 0 unspecified atom stereocenters. The highest BCUT2D eigenvalue weighted by molar-refractivity contribution is 5.16. The van der Waals surface area contributed by atoms with E-state index in [9.17, 15) is 0 Å². The molecule has 0 aromatic carbocycles. The van der Waals surface area contributed by atoms with Crippen LogP contribution in [0.2, 0.25) is 0 Å². The van der Waals surface area contributed by atoms with E-state index in [2.05, 4.69) is 0 Å². The van der Waals surface area contributed by atoms with Gasteiger partial charge in [0.1, 0.15) is 11.8 Å². The summed E-state index contributed by atoms with van der Waals surface area (Å²) in [5.74, 6) is 0. The summed E-state index contributed by atoms with van der Waals surface area (Å²) in [6, 6.07) is 0. The number of epoxide rings is 1. The monoisotopic (exact) mass is 71.0 g/mol. The normalized spacial score (nSPS) is 70.2. The number of fused-ring (bicyclic) bond motifs is 1. The number of hydrogen-bond donors (Lipinski definition) is 1. The van der Waals surface area contributed by atoms with E-state index >= 15 is 0 Å². The molecule has 2 heteroatoms. The van der Waals surface area contributed by atoms with Gasteiger partial charge in [-0.2, -0.15) is 0 Å². The minimum atomic E-state index is -0.0833. The molecular weight excluding hydrogens is 66.0 g/mol. The van der Waals surface area contributed by atoms with Gasteiger partial charge < -0.3 is 10.5 Å². The first-order chi connectivity index (χ1) is 2.31. The van der Waals surface area contributed by atoms with E-state index in [1.807, 2.05) is 0 Å². The Morgan fingerprint density at radius 3 is 2.20 bits per heavy atom. The topological polar surface area (TPSA) is 38.5 Å². The van der Waals surface area contributed by atoms with Gasteiger partial charge in [-0.25, -0.2) is 0 Å². The summed E-state index contributed by atoms with van der Waals surface area (Å²) in [6.45, 7) is 0. The van der Waals surface area contributed by atoms with Gasteiger partial charge in [-0.3, -0.25) is 0 Å². The van der Waals surface area contributed by atoms with Crippen LogP contribution in [0.25, 0.3) is 0 Å². The molecule has 2 fully saturated rings. The number of rotatable bonds is 0. The van der Waals surface area contributed by atoms with Crippen LogP contribution in [0, 0.1) is 0 Å². The third-order valence-corrected chi connectivity index (χ3v) is 1.19. The highest BCUT2D eigenvalue weighted by Gasteiger charge is 2.70. The van der Waals surface area contributed by atoms with Gasteiger partial charge in [0.15, 0.2) is 0 Å². The molecule has 0 amide bonds. The van der Waals surface area contributed by atoms with Gasteiger partial charge >= 0.3 is 0 Å². The van der Waals surface area contributed by atoms with Crippen LogP contribution < -0.4 is 5.73 Å². The van der Waals surface area contributed by atoms with Crippen molar-refractivity contribution in [3.05, 3.63) is 0 Å². The number of ether oxygens (including phenoxy) is 1. The molecule has 2 N–H and O–H groups in total. The van der Waals surface area contributed by atoms with E-state index in [1.54, 1.807) is 0 Å². The largest absolute Gasteiger partial charge is 0.350 e. The molecule has 0 spiro atoms. The Bertz CT molecular complexity index is 75.0. The molecule has 0 bridgehead atoms. The predicted molar refractivity (Wildman–Crippen MR) is 16.4 cm³/mol. The van der Waals surface area contributed by atoms with Crippen molar-refractivity contribution in [1.29, 1.82) is 0 Å². The maximum Gasteiger partial charge on any atom is 0.146 e. The fourth-order valence-corrected chi connectivity index (χ4v) is 0.452. The summed E-state index contributed by atoms with van der Waals surface area (Å²) < 4.78 is 4.77. The first kappa shape index (κ1) is 2.16. The molecule has 1 saturated carbocycles. The van der Waals surface area contributed by atoms with E-state index in [0.717, 1.165) is 6.42 Å². The van der Waals surface area contributed by atoms with Crippen molar-refractivity contribution in [3.8, 4) is 0 Å². The van der Waals surface area contributed by atoms with Crippen LogP contribution >= 0.6 is 0 Å². The lowest BCUT2D eigenvalue weighted by Crippen LogP contribution is -2.09. The van der Waals surface area contributed by atoms with Crippen molar-refractivity contribution in [1.82, 2.24) is 0 Å². The zero-order valence-electron chi connectivity index (χ0n) is 2.77. The second-order valence-electron chi connectivity index (χ2n) is 1.77. The summed E-state index contributed by atoms with van der Waals surface area (Å²) in [6.07, 6.45) is 1.58. The van der Waals surface area contributed by atoms with Crippen LogP contribution in [0.15, 0.2) is 0 Å². The lowest BCUT2D eigenvalue weighted by Gasteiger charge is -1.81. The van der Waals surface area contributed by atoms with Gasteiger partial charge in [0, 0.05) is 6.42 Å². The van der Waals surface area contributed by atoms with Crippen LogP contribution in [0.3, 0.4) is 0 Å². The number of hydrogen-bond acceptors (Lipinski definition) is 2. The van der Waals surface area contributed by atoms with Gasteiger partial charge in [0.2, 0.25) is 0 Å². The van der Waals surface area contributed by atoms with Gasteiger partial charge in [-0.05, 0) is 0 Å². The Morgan fingerprint density at radius 1 is 2.00 bits per heavy atom. The fraction of sp³-hybridized carbons (Fsp3) is 1.00. The van der Waals surface area contributed by atoms with Crippen LogP contribution in [0.4, 0.5) is 0 Å². The maximum atomic E-state index is 5.32. The van der Waals surface area contributed by atoms with Gasteiger partial charge in [-0.1, -0.05) is 0 Å². The maximum absolute atomic E-state index is 5.32. The highest BCUT2D eigenvalue weighted by atomic mass is 16.7. The summed E-state index contributed by atoms with van der Waals surface area (Å²) in [5, 5.41) is 0. The molecule has 1 aliphatic heterocycles. The van der Waals surface area contributed by atoms with Crippen molar-refractivity contribution in [2.75, 3.05) is 0 Å². The third kappa shape index (κ3) is 0.102. The van der Waals surface area contributed by atoms with E-state index < -0.39 is 0 Å². The first-order valence-electron chi connectivity index (χ1n) is 1.78. The summed E-state index contributed by atoms with van der Waals surface area (Å²) in [5.41, 5.74) is 5.23. The molecular formula is C3H5NO. The third-order valence-electron chi connectivity index (χ3n) is 1.19. The molecule has 1 aliphatic carbocycles. The molecule has 0 radical (unpaired) electrons.